The monoisotopic (exact) mass is 436 g/mol. The molecular weight excluding hydrogens is 404 g/mol. The van der Waals surface area contributed by atoms with Crippen LogP contribution in [0.1, 0.15) is 52.4 Å². The summed E-state index contributed by atoms with van der Waals surface area (Å²) in [5.74, 6) is 0.901. The molecule has 3 aromatic rings. The molecule has 0 bridgehead atoms. The maximum atomic E-state index is 11.6. The van der Waals surface area contributed by atoms with Crippen LogP contribution in [0.3, 0.4) is 0 Å². The molecule has 8 heteroatoms. The first-order chi connectivity index (χ1) is 15.6. The Hall–Kier alpha value is -3.39. The van der Waals surface area contributed by atoms with E-state index in [-0.39, 0.29) is 14.8 Å². The predicted molar refractivity (Wildman–Crippen MR) is 127 cm³/mol. The van der Waals surface area contributed by atoms with Gasteiger partial charge < -0.3 is 15.1 Å². The van der Waals surface area contributed by atoms with Gasteiger partial charge in [-0.1, -0.05) is 25.1 Å². The van der Waals surface area contributed by atoms with Crippen LogP contribution in [0, 0.1) is 6.92 Å². The minimum absolute atomic E-state index is 0. The second-order valence-electron chi connectivity index (χ2n) is 7.95. The molecule has 4 rings (SSSR count). The molecule has 170 valence electrons. The van der Waals surface area contributed by atoms with Crippen molar-refractivity contribution in [3.05, 3.63) is 53.5 Å². The standard InChI is InChI=1S/C24H28N6O2.2H2/c1-4-21(31)27-19-11-9-17(10-12-19)20-14-26-15(2)22(28-20)24-30-29-23(32-24)18-7-5-16(6-8-18)13-25-3;;/h5-9,14,19,25H,4,10-13H2,1-3H3,(H,27,31);2*1H. The van der Waals surface area contributed by atoms with Gasteiger partial charge in [0.2, 0.25) is 11.8 Å². The number of nitrogens with one attached hydrogen (secondary N) is 2. The Labute approximate surface area is 190 Å². The average Bonchev–Trinajstić information content (AvgIpc) is 3.31. The lowest BCUT2D eigenvalue weighted by atomic mass is 9.93. The maximum absolute atomic E-state index is 11.6. The summed E-state index contributed by atoms with van der Waals surface area (Å²) in [4.78, 5) is 20.9. The minimum Gasteiger partial charge on any atom is -0.415 e. The van der Waals surface area contributed by atoms with Crippen LogP contribution in [-0.4, -0.2) is 39.2 Å². The van der Waals surface area contributed by atoms with E-state index in [9.17, 15) is 4.79 Å². The van der Waals surface area contributed by atoms with Crippen molar-refractivity contribution < 1.29 is 12.1 Å². The highest BCUT2D eigenvalue weighted by Gasteiger charge is 2.20. The molecule has 1 aliphatic carbocycles. The van der Waals surface area contributed by atoms with Gasteiger partial charge in [-0.3, -0.25) is 9.78 Å². The number of carbonyl (C=O) groups excluding carboxylic acids is 1. The minimum atomic E-state index is 0. The van der Waals surface area contributed by atoms with Gasteiger partial charge in [0.15, 0.2) is 0 Å². The topological polar surface area (TPSA) is 106 Å². The number of rotatable bonds is 7. The zero-order chi connectivity index (χ0) is 22.5. The van der Waals surface area contributed by atoms with E-state index in [0.717, 1.165) is 48.3 Å². The molecule has 1 amide bonds. The zero-order valence-electron chi connectivity index (χ0n) is 18.7. The summed E-state index contributed by atoms with van der Waals surface area (Å²) in [6, 6.07) is 8.20. The first kappa shape index (κ1) is 21.8. The summed E-state index contributed by atoms with van der Waals surface area (Å²) in [6.45, 7) is 4.55. The number of hydrogen-bond donors (Lipinski definition) is 2. The Morgan fingerprint density at radius 1 is 1.22 bits per heavy atom. The van der Waals surface area contributed by atoms with Crippen LogP contribution in [0.4, 0.5) is 0 Å². The van der Waals surface area contributed by atoms with E-state index in [0.29, 0.717) is 23.9 Å². The summed E-state index contributed by atoms with van der Waals surface area (Å²) in [6.07, 6.45) is 6.94. The van der Waals surface area contributed by atoms with Gasteiger partial charge in [-0.05, 0) is 56.5 Å². The molecule has 0 saturated heterocycles. The first-order valence-corrected chi connectivity index (χ1v) is 11.0. The number of nitrogens with zero attached hydrogens (tertiary/aromatic N) is 4. The number of allylic oxidation sites excluding steroid dienone is 1. The lowest BCUT2D eigenvalue weighted by Crippen LogP contribution is -2.35. The molecule has 2 N–H and O–H groups in total. The maximum Gasteiger partial charge on any atom is 0.268 e. The van der Waals surface area contributed by atoms with Crippen molar-refractivity contribution in [1.82, 2.24) is 30.8 Å². The van der Waals surface area contributed by atoms with Crippen LogP contribution in [0.2, 0.25) is 0 Å². The van der Waals surface area contributed by atoms with E-state index in [2.05, 4.69) is 31.9 Å². The molecule has 8 nitrogen and oxygen atoms in total. The number of aromatic nitrogens is 4. The van der Waals surface area contributed by atoms with Crippen LogP contribution >= 0.6 is 0 Å². The number of hydrogen-bond acceptors (Lipinski definition) is 7. The first-order valence-electron chi connectivity index (χ1n) is 11.0. The average molecular weight is 437 g/mol. The molecule has 1 atom stereocenters. The Bertz CT molecular complexity index is 1130. The van der Waals surface area contributed by atoms with Gasteiger partial charge in [-0.2, -0.15) is 0 Å². The second kappa shape index (κ2) is 9.82. The molecule has 0 radical (unpaired) electrons. The molecule has 0 saturated carbocycles. The quantitative estimate of drug-likeness (QED) is 0.572. The molecule has 2 heterocycles. The fourth-order valence-electron chi connectivity index (χ4n) is 3.74. The predicted octanol–water partition coefficient (Wildman–Crippen LogP) is 4.18. The van der Waals surface area contributed by atoms with Crippen molar-refractivity contribution in [2.24, 2.45) is 0 Å². The Morgan fingerprint density at radius 2 is 2.00 bits per heavy atom. The van der Waals surface area contributed by atoms with Gasteiger partial charge in [0.05, 0.1) is 17.6 Å². The lowest BCUT2D eigenvalue weighted by molar-refractivity contribution is -0.121. The molecule has 32 heavy (non-hydrogen) atoms. The van der Waals surface area contributed by atoms with Crippen molar-refractivity contribution in [3.8, 4) is 23.0 Å². The van der Waals surface area contributed by atoms with Crippen LogP contribution in [-0.2, 0) is 11.3 Å². The van der Waals surface area contributed by atoms with Crippen molar-refractivity contribution in [1.29, 1.82) is 0 Å². The third-order valence-electron chi connectivity index (χ3n) is 5.59. The van der Waals surface area contributed by atoms with Gasteiger partial charge in [-0.15, -0.1) is 10.2 Å². The smallest absolute Gasteiger partial charge is 0.268 e. The third-order valence-corrected chi connectivity index (χ3v) is 5.59. The Morgan fingerprint density at radius 3 is 2.69 bits per heavy atom. The van der Waals surface area contributed by atoms with Crippen molar-refractivity contribution in [2.75, 3.05) is 7.05 Å². The Kier molecular flexibility index (Phi) is 6.70. The summed E-state index contributed by atoms with van der Waals surface area (Å²) in [5, 5.41) is 14.6. The summed E-state index contributed by atoms with van der Waals surface area (Å²) in [7, 11) is 1.92. The SMILES string of the molecule is CCC(=O)NC1CC=C(c2cnc(C)c(-c3nnc(-c4ccc(CNC)cc4)o3)n2)CC1.[HH].[HH]. The van der Waals surface area contributed by atoms with Gasteiger partial charge in [0.1, 0.15) is 5.69 Å². The molecule has 1 aliphatic rings. The molecule has 0 aliphatic heterocycles. The summed E-state index contributed by atoms with van der Waals surface area (Å²) >= 11 is 0. The second-order valence-corrected chi connectivity index (χ2v) is 7.95. The van der Waals surface area contributed by atoms with E-state index in [4.69, 9.17) is 9.40 Å². The van der Waals surface area contributed by atoms with E-state index < -0.39 is 0 Å². The van der Waals surface area contributed by atoms with Gasteiger partial charge >= 0.3 is 0 Å². The largest absolute Gasteiger partial charge is 0.415 e. The third kappa shape index (κ3) is 4.91. The van der Waals surface area contributed by atoms with Crippen molar-refractivity contribution >= 4 is 11.5 Å². The number of aryl methyl sites for hydroxylation is 1. The van der Waals surface area contributed by atoms with Gasteiger partial charge in [0, 0.05) is 27.4 Å². The zero-order valence-corrected chi connectivity index (χ0v) is 18.7. The molecule has 0 spiro atoms. The highest BCUT2D eigenvalue weighted by atomic mass is 16.4. The van der Waals surface area contributed by atoms with E-state index in [1.165, 1.54) is 5.56 Å². The van der Waals surface area contributed by atoms with Crippen LogP contribution in [0.5, 0.6) is 0 Å². The highest BCUT2D eigenvalue weighted by molar-refractivity contribution is 5.76. The lowest BCUT2D eigenvalue weighted by Gasteiger charge is -2.22. The molecule has 1 aromatic carbocycles. The molecule has 0 fully saturated rings. The number of benzene rings is 1. The Balaban J connectivity index is 0.00000204. The van der Waals surface area contributed by atoms with Crippen LogP contribution in [0.25, 0.3) is 28.6 Å². The van der Waals surface area contributed by atoms with Crippen LogP contribution in [0.15, 0.2) is 41.0 Å². The number of amides is 1. The summed E-state index contributed by atoms with van der Waals surface area (Å²) < 4.78 is 5.94. The number of carbonyl (C=O) groups is 1. The van der Waals surface area contributed by atoms with Gasteiger partial charge in [0.25, 0.3) is 5.89 Å². The molecule has 1 unspecified atom stereocenters. The normalized spacial score (nSPS) is 16.0. The molecular formula is C24H32N6O2. The van der Waals surface area contributed by atoms with Crippen molar-refractivity contribution in [3.63, 3.8) is 0 Å². The van der Waals surface area contributed by atoms with Crippen molar-refractivity contribution in [2.45, 2.75) is 52.1 Å². The fourth-order valence-corrected chi connectivity index (χ4v) is 3.74. The van der Waals surface area contributed by atoms with Gasteiger partial charge in [-0.25, -0.2) is 4.98 Å². The highest BCUT2D eigenvalue weighted by Crippen LogP contribution is 2.29. The van der Waals surface area contributed by atoms with E-state index >= 15 is 0 Å². The fraction of sp³-hybridized carbons (Fsp3) is 0.375. The molecule has 2 aromatic heterocycles. The van der Waals surface area contributed by atoms with E-state index in [1.54, 1.807) is 6.20 Å². The summed E-state index contributed by atoms with van der Waals surface area (Å²) in [5.41, 5.74) is 5.30. The van der Waals surface area contributed by atoms with E-state index in [1.807, 2.05) is 45.2 Å². The van der Waals surface area contributed by atoms with Crippen LogP contribution < -0.4 is 10.6 Å².